The molecule has 0 amide bonds. The Labute approximate surface area is 126 Å². The van der Waals surface area contributed by atoms with Gasteiger partial charge >= 0.3 is 0 Å². The van der Waals surface area contributed by atoms with E-state index in [0.717, 1.165) is 0 Å². The third kappa shape index (κ3) is 3.83. The number of nitrogens with one attached hydrogen (secondary N) is 1. The van der Waals surface area contributed by atoms with Crippen molar-refractivity contribution in [3.8, 4) is 0 Å². The molecule has 2 N–H and O–H groups in total. The van der Waals surface area contributed by atoms with E-state index in [4.69, 9.17) is 16.3 Å². The van der Waals surface area contributed by atoms with Gasteiger partial charge in [0.2, 0.25) is 5.79 Å². The maximum absolute atomic E-state index is 10.6. The number of hydrogen-bond acceptors (Lipinski definition) is 3. The third-order valence-corrected chi connectivity index (χ3v) is 3.32. The average molecular weight is 308 g/mol. The van der Waals surface area contributed by atoms with Gasteiger partial charge in [-0.1, -0.05) is 31.2 Å². The molecule has 1 aromatic rings. The lowest BCUT2D eigenvalue weighted by Gasteiger charge is -2.46. The molecule has 0 spiro atoms. The number of rotatable bonds is 1. The SMILES string of the molecule is C.CC1NC(C)(C)COC1(O)c1cccc(Cl)c1.Cl. The second-order valence-corrected chi connectivity index (χ2v) is 5.68. The summed E-state index contributed by atoms with van der Waals surface area (Å²) >= 11 is 5.94. The van der Waals surface area contributed by atoms with Crippen LogP contribution in [0.15, 0.2) is 24.3 Å². The van der Waals surface area contributed by atoms with Gasteiger partial charge in [-0.15, -0.1) is 12.4 Å². The maximum atomic E-state index is 10.6. The largest absolute Gasteiger partial charge is 0.361 e. The fourth-order valence-electron chi connectivity index (χ4n) is 2.19. The van der Waals surface area contributed by atoms with Crippen LogP contribution < -0.4 is 5.32 Å². The Morgan fingerprint density at radius 1 is 1.42 bits per heavy atom. The smallest absolute Gasteiger partial charge is 0.208 e. The van der Waals surface area contributed by atoms with Crippen LogP contribution in [0.4, 0.5) is 0 Å². The minimum Gasteiger partial charge on any atom is -0.361 e. The number of halogens is 2. The highest BCUT2D eigenvalue weighted by atomic mass is 35.5. The minimum absolute atomic E-state index is 0. The first kappa shape index (κ1) is 18.7. The quantitative estimate of drug-likeness (QED) is 0.836. The van der Waals surface area contributed by atoms with Crippen LogP contribution in [0.25, 0.3) is 0 Å². The predicted octanol–water partition coefficient (Wildman–Crippen LogP) is 3.33. The second kappa shape index (κ2) is 6.42. The predicted molar refractivity (Wildman–Crippen MR) is 82.0 cm³/mol. The Bertz CT molecular complexity index is 426. The van der Waals surface area contributed by atoms with Crippen molar-refractivity contribution >= 4 is 24.0 Å². The maximum Gasteiger partial charge on any atom is 0.208 e. The molecule has 0 aliphatic carbocycles. The van der Waals surface area contributed by atoms with Gasteiger partial charge in [-0.05, 0) is 32.9 Å². The van der Waals surface area contributed by atoms with Crippen molar-refractivity contribution in [2.45, 2.75) is 45.6 Å². The van der Waals surface area contributed by atoms with Crippen molar-refractivity contribution in [2.75, 3.05) is 6.61 Å². The molecular weight excluding hydrogens is 285 g/mol. The molecule has 3 nitrogen and oxygen atoms in total. The van der Waals surface area contributed by atoms with E-state index in [1.807, 2.05) is 32.9 Å². The Kier molecular flexibility index (Phi) is 6.31. The van der Waals surface area contributed by atoms with Crippen molar-refractivity contribution < 1.29 is 9.84 Å². The molecule has 0 bridgehead atoms. The van der Waals surface area contributed by atoms with Crippen LogP contribution in [-0.2, 0) is 10.5 Å². The molecule has 0 radical (unpaired) electrons. The van der Waals surface area contributed by atoms with Gasteiger partial charge in [0.25, 0.3) is 0 Å². The number of hydrogen-bond donors (Lipinski definition) is 2. The number of benzene rings is 1. The molecule has 110 valence electrons. The number of morpholine rings is 1. The lowest BCUT2D eigenvalue weighted by atomic mass is 9.93. The molecule has 2 rings (SSSR count). The Morgan fingerprint density at radius 2 is 2.05 bits per heavy atom. The molecule has 2 unspecified atom stereocenters. The fourth-order valence-corrected chi connectivity index (χ4v) is 2.38. The highest BCUT2D eigenvalue weighted by Gasteiger charge is 2.44. The normalized spacial score (nSPS) is 29.0. The van der Waals surface area contributed by atoms with E-state index in [2.05, 4.69) is 5.32 Å². The van der Waals surface area contributed by atoms with E-state index in [1.165, 1.54) is 0 Å². The Hall–Kier alpha value is -0.320. The first-order valence-electron chi connectivity index (χ1n) is 5.74. The standard InChI is InChI=1S/C13H18ClNO2.CH4.ClH/c1-9-13(16,17-8-12(2,3)15-9)10-5-4-6-11(14)7-10;;/h4-7,9,15-16H,8H2,1-3H3;1H4;1H. The van der Waals surface area contributed by atoms with E-state index in [9.17, 15) is 5.11 Å². The van der Waals surface area contributed by atoms with E-state index >= 15 is 0 Å². The average Bonchev–Trinajstić information content (AvgIpc) is 2.24. The zero-order valence-electron chi connectivity index (χ0n) is 10.7. The number of ether oxygens (including phenoxy) is 1. The van der Waals surface area contributed by atoms with E-state index < -0.39 is 5.79 Å². The van der Waals surface area contributed by atoms with Crippen molar-refractivity contribution in [3.05, 3.63) is 34.9 Å². The summed E-state index contributed by atoms with van der Waals surface area (Å²) in [5, 5.41) is 14.6. The van der Waals surface area contributed by atoms with Gasteiger partial charge in [0.15, 0.2) is 0 Å². The highest BCUT2D eigenvalue weighted by molar-refractivity contribution is 6.30. The van der Waals surface area contributed by atoms with Gasteiger partial charge < -0.3 is 15.2 Å². The first-order valence-corrected chi connectivity index (χ1v) is 6.11. The summed E-state index contributed by atoms with van der Waals surface area (Å²) in [6.07, 6.45) is 0. The van der Waals surface area contributed by atoms with Crippen molar-refractivity contribution in [1.29, 1.82) is 0 Å². The van der Waals surface area contributed by atoms with E-state index in [1.54, 1.807) is 12.1 Å². The van der Waals surface area contributed by atoms with Gasteiger partial charge in [0.1, 0.15) is 0 Å². The van der Waals surface area contributed by atoms with Crippen LogP contribution in [0.2, 0.25) is 5.02 Å². The molecular formula is C14H23Cl2NO2. The Morgan fingerprint density at radius 3 is 2.58 bits per heavy atom. The van der Waals surface area contributed by atoms with Crippen LogP contribution in [0.1, 0.15) is 33.8 Å². The zero-order chi connectivity index (χ0) is 12.7. The summed E-state index contributed by atoms with van der Waals surface area (Å²) in [6.45, 7) is 6.43. The summed E-state index contributed by atoms with van der Waals surface area (Å²) in [7, 11) is 0. The first-order chi connectivity index (χ1) is 7.83. The van der Waals surface area contributed by atoms with Crippen molar-refractivity contribution in [3.63, 3.8) is 0 Å². The molecule has 1 aliphatic heterocycles. The molecule has 2 atom stereocenters. The van der Waals surface area contributed by atoms with Gasteiger partial charge in [0, 0.05) is 16.1 Å². The highest BCUT2D eigenvalue weighted by Crippen LogP contribution is 2.33. The van der Waals surface area contributed by atoms with Crippen molar-refractivity contribution in [1.82, 2.24) is 5.32 Å². The Balaban J connectivity index is 0.00000162. The van der Waals surface area contributed by atoms with Gasteiger partial charge in [0.05, 0.1) is 12.6 Å². The molecule has 0 saturated carbocycles. The molecule has 1 saturated heterocycles. The van der Waals surface area contributed by atoms with Crippen LogP contribution in [0.3, 0.4) is 0 Å². The molecule has 1 aromatic carbocycles. The topological polar surface area (TPSA) is 41.5 Å². The van der Waals surface area contributed by atoms with Gasteiger partial charge in [-0.2, -0.15) is 0 Å². The van der Waals surface area contributed by atoms with E-state index in [0.29, 0.717) is 17.2 Å². The molecule has 5 heteroatoms. The van der Waals surface area contributed by atoms with E-state index in [-0.39, 0.29) is 31.4 Å². The van der Waals surface area contributed by atoms with Gasteiger partial charge in [-0.3, -0.25) is 0 Å². The molecule has 0 aromatic heterocycles. The monoisotopic (exact) mass is 307 g/mol. The second-order valence-electron chi connectivity index (χ2n) is 5.25. The fraction of sp³-hybridized carbons (Fsp3) is 0.571. The van der Waals surface area contributed by atoms with Crippen LogP contribution in [-0.4, -0.2) is 23.3 Å². The van der Waals surface area contributed by atoms with Crippen LogP contribution >= 0.6 is 24.0 Å². The summed E-state index contributed by atoms with van der Waals surface area (Å²) in [5.74, 6) is -1.32. The zero-order valence-corrected chi connectivity index (χ0v) is 12.3. The summed E-state index contributed by atoms with van der Waals surface area (Å²) in [5.41, 5.74) is 0.546. The molecule has 1 heterocycles. The summed E-state index contributed by atoms with van der Waals surface area (Å²) in [6, 6.07) is 6.94. The minimum atomic E-state index is -1.32. The summed E-state index contributed by atoms with van der Waals surface area (Å²) in [4.78, 5) is 0. The molecule has 1 fully saturated rings. The van der Waals surface area contributed by atoms with Gasteiger partial charge in [-0.25, -0.2) is 0 Å². The lowest BCUT2D eigenvalue weighted by Crippen LogP contribution is -2.63. The lowest BCUT2D eigenvalue weighted by molar-refractivity contribution is -0.263. The molecule has 1 aliphatic rings. The third-order valence-electron chi connectivity index (χ3n) is 3.09. The van der Waals surface area contributed by atoms with Crippen LogP contribution in [0.5, 0.6) is 0 Å². The van der Waals surface area contributed by atoms with Crippen molar-refractivity contribution in [2.24, 2.45) is 0 Å². The molecule has 19 heavy (non-hydrogen) atoms. The summed E-state index contributed by atoms with van der Waals surface area (Å²) < 4.78 is 5.67. The number of aliphatic hydroxyl groups is 1. The van der Waals surface area contributed by atoms with Crippen LogP contribution in [0, 0.1) is 0 Å².